The Morgan fingerprint density at radius 2 is 1.54 bits per heavy atom. The van der Waals surface area contributed by atoms with Gasteiger partial charge in [0.05, 0.1) is 17.2 Å². The summed E-state index contributed by atoms with van der Waals surface area (Å²) in [6.45, 7) is 11.3. The molecule has 0 aromatic heterocycles. The maximum Gasteiger partial charge on any atom is 0.408 e. The van der Waals surface area contributed by atoms with Crippen LogP contribution in [0.5, 0.6) is 0 Å². The van der Waals surface area contributed by atoms with Crippen molar-refractivity contribution >= 4 is 48.3 Å². The smallest absolute Gasteiger partial charge is 0.408 e. The summed E-state index contributed by atoms with van der Waals surface area (Å²) in [5.41, 5.74) is -0.352. The van der Waals surface area contributed by atoms with Crippen molar-refractivity contribution in [2.24, 2.45) is 0 Å². The van der Waals surface area contributed by atoms with Crippen LogP contribution in [0, 0.1) is 0 Å². The summed E-state index contributed by atoms with van der Waals surface area (Å²) in [7, 11) is 0. The van der Waals surface area contributed by atoms with Crippen LogP contribution < -0.4 is 10.6 Å². The van der Waals surface area contributed by atoms with Crippen LogP contribution in [0.4, 0.5) is 9.59 Å². The second-order valence-electron chi connectivity index (χ2n) is 12.3. The molecule has 0 spiro atoms. The van der Waals surface area contributed by atoms with Gasteiger partial charge < -0.3 is 25.0 Å². The van der Waals surface area contributed by atoms with Gasteiger partial charge in [-0.05, 0) is 66.4 Å². The Labute approximate surface area is 254 Å². The highest BCUT2D eigenvalue weighted by Crippen LogP contribution is 2.19. The fraction of sp³-hybridized carbons (Fsp3) is 0.667. The third-order valence-electron chi connectivity index (χ3n) is 6.18. The first kappa shape index (κ1) is 34.8. The number of thioether (sulfide) groups is 1. The molecule has 0 aliphatic carbocycles. The lowest BCUT2D eigenvalue weighted by Gasteiger charge is -2.27. The SMILES string of the molecule is CC(C)(C)OC(=O)N[C@@H](CCCCCC(=O)[C@@H](S)[C@@H](Cc1ccccc1)NC(=O)OC(C)(C)C)C(=O)N1CCSC1. The number of hydrogen-bond donors (Lipinski definition) is 3. The number of thiol groups is 1. The molecule has 1 heterocycles. The molecule has 0 saturated carbocycles. The van der Waals surface area contributed by atoms with Gasteiger partial charge in [-0.2, -0.15) is 12.6 Å². The molecular weight excluding hydrogens is 562 g/mol. The fourth-order valence-corrected chi connectivity index (χ4v) is 5.55. The molecule has 3 amide bonds. The van der Waals surface area contributed by atoms with E-state index in [4.69, 9.17) is 9.47 Å². The lowest BCUT2D eigenvalue weighted by atomic mass is 9.97. The maximum atomic E-state index is 13.1. The standard InChI is InChI=1S/C30H47N3O6S2/c1-29(2,3)38-27(36)31-22(26(35)33-17-18-41-20-33)15-11-8-12-16-24(34)25(40)23(19-21-13-9-7-10-14-21)32-28(37)39-30(4,5)6/h7,9-10,13-14,22-23,25,40H,8,11-12,15-20H2,1-6H3,(H,31,36)(H,32,37)/t22-,23+,25-/m0/s1. The number of amides is 3. The van der Waals surface area contributed by atoms with Crippen LogP contribution >= 0.6 is 24.4 Å². The van der Waals surface area contributed by atoms with Crippen molar-refractivity contribution in [1.82, 2.24) is 15.5 Å². The number of carbonyl (C=O) groups is 4. The van der Waals surface area contributed by atoms with Gasteiger partial charge in [0, 0.05) is 18.7 Å². The molecular formula is C30H47N3O6S2. The fourth-order valence-electron chi connectivity index (χ4n) is 4.28. The van der Waals surface area contributed by atoms with E-state index in [2.05, 4.69) is 23.3 Å². The predicted molar refractivity (Wildman–Crippen MR) is 166 cm³/mol. The van der Waals surface area contributed by atoms with Gasteiger partial charge in [-0.25, -0.2) is 9.59 Å². The Bertz CT molecular complexity index is 1000. The molecule has 1 aliphatic rings. The summed E-state index contributed by atoms with van der Waals surface area (Å²) in [5, 5.41) is 4.88. The first-order chi connectivity index (χ1) is 19.1. The highest BCUT2D eigenvalue weighted by molar-refractivity contribution is 7.99. The van der Waals surface area contributed by atoms with E-state index >= 15 is 0 Å². The van der Waals surface area contributed by atoms with Gasteiger partial charge in [0.1, 0.15) is 23.0 Å². The molecule has 1 aromatic rings. The number of ketones is 1. The molecule has 9 nitrogen and oxygen atoms in total. The monoisotopic (exact) mass is 609 g/mol. The van der Waals surface area contributed by atoms with Gasteiger partial charge in [-0.1, -0.05) is 43.2 Å². The summed E-state index contributed by atoms with van der Waals surface area (Å²) in [5.74, 6) is 1.32. The van der Waals surface area contributed by atoms with Crippen LogP contribution in [-0.4, -0.2) is 75.5 Å². The minimum atomic E-state index is -0.710. The number of carbonyl (C=O) groups excluding carboxylic acids is 4. The summed E-state index contributed by atoms with van der Waals surface area (Å²) in [4.78, 5) is 52.8. The van der Waals surface area contributed by atoms with Crippen LogP contribution in [0.3, 0.4) is 0 Å². The van der Waals surface area contributed by atoms with Crippen molar-refractivity contribution in [1.29, 1.82) is 0 Å². The van der Waals surface area contributed by atoms with Crippen LogP contribution in [0.15, 0.2) is 30.3 Å². The average molecular weight is 610 g/mol. The molecule has 1 saturated heterocycles. The molecule has 11 heteroatoms. The third kappa shape index (κ3) is 13.9. The number of rotatable bonds is 13. The van der Waals surface area contributed by atoms with Gasteiger partial charge in [0.2, 0.25) is 5.91 Å². The van der Waals surface area contributed by atoms with E-state index in [-0.39, 0.29) is 18.1 Å². The van der Waals surface area contributed by atoms with E-state index < -0.39 is 40.7 Å². The number of benzene rings is 1. The third-order valence-corrected chi connectivity index (χ3v) is 7.79. The largest absolute Gasteiger partial charge is 0.444 e. The summed E-state index contributed by atoms with van der Waals surface area (Å²) in [6.07, 6.45) is 1.94. The topological polar surface area (TPSA) is 114 Å². The number of nitrogens with zero attached hydrogens (tertiary/aromatic N) is 1. The second-order valence-corrected chi connectivity index (χ2v) is 13.9. The van der Waals surface area contributed by atoms with E-state index in [1.165, 1.54) is 0 Å². The van der Waals surface area contributed by atoms with Gasteiger partial charge in [-0.3, -0.25) is 9.59 Å². The molecule has 2 N–H and O–H groups in total. The zero-order valence-corrected chi connectivity index (χ0v) is 26.9. The van der Waals surface area contributed by atoms with Crippen molar-refractivity contribution < 1.29 is 28.7 Å². The lowest BCUT2D eigenvalue weighted by molar-refractivity contribution is -0.132. The highest BCUT2D eigenvalue weighted by Gasteiger charge is 2.30. The van der Waals surface area contributed by atoms with Gasteiger partial charge in [0.15, 0.2) is 0 Å². The van der Waals surface area contributed by atoms with Crippen molar-refractivity contribution in [3.05, 3.63) is 35.9 Å². The van der Waals surface area contributed by atoms with Crippen molar-refractivity contribution in [2.45, 2.75) is 109 Å². The minimum Gasteiger partial charge on any atom is -0.444 e. The summed E-state index contributed by atoms with van der Waals surface area (Å²) < 4.78 is 10.8. The highest BCUT2D eigenvalue weighted by atomic mass is 32.2. The summed E-state index contributed by atoms with van der Waals surface area (Å²) >= 11 is 6.29. The van der Waals surface area contributed by atoms with Crippen LogP contribution in [0.25, 0.3) is 0 Å². The van der Waals surface area contributed by atoms with E-state index in [9.17, 15) is 19.2 Å². The van der Waals surface area contributed by atoms with Crippen LogP contribution in [0.2, 0.25) is 0 Å². The van der Waals surface area contributed by atoms with Crippen molar-refractivity contribution in [2.75, 3.05) is 18.2 Å². The lowest BCUT2D eigenvalue weighted by Crippen LogP contribution is -2.49. The Kier molecular flexibility index (Phi) is 13.8. The zero-order valence-electron chi connectivity index (χ0n) is 25.2. The number of hydrogen-bond acceptors (Lipinski definition) is 8. The van der Waals surface area contributed by atoms with Gasteiger partial charge in [0.25, 0.3) is 0 Å². The summed E-state index contributed by atoms with van der Waals surface area (Å²) in [6, 6.07) is 8.40. The van der Waals surface area contributed by atoms with Crippen molar-refractivity contribution in [3.63, 3.8) is 0 Å². The van der Waals surface area contributed by atoms with Crippen molar-refractivity contribution in [3.8, 4) is 0 Å². The number of Topliss-reactive ketones (excluding diaryl/α,β-unsaturated/α-hetero) is 1. The Morgan fingerprint density at radius 3 is 2.10 bits per heavy atom. The van der Waals surface area contributed by atoms with E-state index in [0.717, 1.165) is 11.3 Å². The number of nitrogens with one attached hydrogen (secondary N) is 2. The van der Waals surface area contributed by atoms with Gasteiger partial charge in [-0.15, -0.1) is 11.8 Å². The van der Waals surface area contributed by atoms with E-state index in [1.807, 2.05) is 30.3 Å². The quantitative estimate of drug-likeness (QED) is 0.204. The van der Waals surface area contributed by atoms with E-state index in [1.54, 1.807) is 58.2 Å². The molecule has 230 valence electrons. The van der Waals surface area contributed by atoms with E-state index in [0.29, 0.717) is 44.5 Å². The normalized spacial score (nSPS) is 15.9. The number of unbranched alkanes of at least 4 members (excludes halogenated alkanes) is 2. The number of ether oxygens (including phenoxy) is 2. The molecule has 0 bridgehead atoms. The molecule has 0 unspecified atom stereocenters. The maximum absolute atomic E-state index is 13.1. The molecule has 3 atom stereocenters. The Balaban J connectivity index is 1.91. The van der Waals surface area contributed by atoms with Crippen LogP contribution in [0.1, 0.15) is 79.2 Å². The molecule has 1 aromatic carbocycles. The molecule has 1 fully saturated rings. The zero-order chi connectivity index (χ0) is 30.6. The number of alkyl carbamates (subject to hydrolysis) is 2. The average Bonchev–Trinajstić information content (AvgIpc) is 3.40. The molecule has 1 aliphatic heterocycles. The minimum absolute atomic E-state index is 0.0704. The molecule has 2 rings (SSSR count). The predicted octanol–water partition coefficient (Wildman–Crippen LogP) is 5.37. The first-order valence-corrected chi connectivity index (χ1v) is 15.9. The van der Waals surface area contributed by atoms with Gasteiger partial charge >= 0.3 is 12.2 Å². The second kappa shape index (κ2) is 16.3. The molecule has 0 radical (unpaired) electrons. The Hall–Kier alpha value is -2.40. The van der Waals surface area contributed by atoms with Crippen LogP contribution in [-0.2, 0) is 25.5 Å². The Morgan fingerprint density at radius 1 is 0.927 bits per heavy atom. The molecule has 41 heavy (non-hydrogen) atoms. The first-order valence-electron chi connectivity index (χ1n) is 14.2.